The molecule has 0 saturated heterocycles. The van der Waals surface area contributed by atoms with Gasteiger partial charge in [-0.2, -0.15) is 5.10 Å². The van der Waals surface area contributed by atoms with E-state index in [2.05, 4.69) is 15.6 Å². The average molecular weight is 361 g/mol. The van der Waals surface area contributed by atoms with Crippen molar-refractivity contribution in [3.63, 3.8) is 0 Å². The molecule has 0 aliphatic carbocycles. The van der Waals surface area contributed by atoms with E-state index in [0.29, 0.717) is 28.4 Å². The van der Waals surface area contributed by atoms with Crippen molar-refractivity contribution in [3.05, 3.63) is 59.1 Å². The molecule has 136 valence electrons. The summed E-state index contributed by atoms with van der Waals surface area (Å²) in [6.07, 6.45) is 0. The van der Waals surface area contributed by atoms with Crippen molar-refractivity contribution < 1.29 is 9.32 Å². The molecule has 1 N–H and O–H groups in total. The van der Waals surface area contributed by atoms with E-state index in [4.69, 9.17) is 9.51 Å². The van der Waals surface area contributed by atoms with Crippen LogP contribution < -0.4 is 5.32 Å². The van der Waals surface area contributed by atoms with Crippen molar-refractivity contribution >= 4 is 22.6 Å². The number of hydrogen-bond donors (Lipinski definition) is 1. The maximum absolute atomic E-state index is 13.1. The fourth-order valence-corrected chi connectivity index (χ4v) is 3.22. The number of aryl methyl sites for hydroxylation is 4. The Morgan fingerprint density at radius 3 is 2.52 bits per heavy atom. The number of aromatic nitrogens is 4. The van der Waals surface area contributed by atoms with Crippen molar-refractivity contribution in [1.29, 1.82) is 0 Å². The molecule has 0 unspecified atom stereocenters. The van der Waals surface area contributed by atoms with E-state index in [0.717, 1.165) is 22.3 Å². The Bertz CT molecular complexity index is 1140. The first kappa shape index (κ1) is 17.0. The van der Waals surface area contributed by atoms with Gasteiger partial charge in [-0.05, 0) is 26.8 Å². The van der Waals surface area contributed by atoms with E-state index in [1.165, 1.54) is 0 Å². The number of anilines is 1. The third-order valence-corrected chi connectivity index (χ3v) is 4.55. The van der Waals surface area contributed by atoms with Gasteiger partial charge in [0.05, 0.1) is 22.3 Å². The molecule has 0 bridgehead atoms. The summed E-state index contributed by atoms with van der Waals surface area (Å²) in [6.45, 7) is 5.43. The third kappa shape index (κ3) is 2.87. The average Bonchev–Trinajstić information content (AvgIpc) is 3.14. The monoisotopic (exact) mass is 361 g/mol. The number of benzene rings is 1. The molecule has 0 fully saturated rings. The van der Waals surface area contributed by atoms with Crippen LogP contribution in [0, 0.1) is 20.8 Å². The van der Waals surface area contributed by atoms with Crippen LogP contribution in [0.5, 0.6) is 0 Å². The first-order valence-electron chi connectivity index (χ1n) is 8.59. The minimum absolute atomic E-state index is 0.245. The van der Waals surface area contributed by atoms with Crippen molar-refractivity contribution in [2.45, 2.75) is 20.8 Å². The van der Waals surface area contributed by atoms with Crippen LogP contribution in [0.3, 0.4) is 0 Å². The highest BCUT2D eigenvalue weighted by atomic mass is 16.5. The predicted octanol–water partition coefficient (Wildman–Crippen LogP) is 3.80. The van der Waals surface area contributed by atoms with Crippen LogP contribution in [0.15, 0.2) is 40.9 Å². The van der Waals surface area contributed by atoms with Gasteiger partial charge in [0, 0.05) is 12.6 Å². The Hall–Kier alpha value is -3.48. The molecule has 7 nitrogen and oxygen atoms in total. The van der Waals surface area contributed by atoms with Crippen LogP contribution >= 0.6 is 0 Å². The van der Waals surface area contributed by atoms with Gasteiger partial charge in [-0.15, -0.1) is 0 Å². The zero-order valence-corrected chi connectivity index (χ0v) is 15.6. The van der Waals surface area contributed by atoms with Crippen LogP contribution in [0.2, 0.25) is 0 Å². The normalized spacial score (nSPS) is 11.1. The molecule has 3 heterocycles. The number of hydrogen-bond acceptors (Lipinski definition) is 5. The first-order valence-corrected chi connectivity index (χ1v) is 8.59. The standard InChI is InChI=1S/C20H19N5O2/c1-11-17-15(20(26)22-18-12(2)24-27-13(18)3)10-16(14-8-6-5-7-9-14)21-19(17)25(4)23-11/h5-10H,1-4H3,(H,22,26). The molecule has 3 aromatic heterocycles. The van der Waals surface area contributed by atoms with Crippen molar-refractivity contribution in [2.24, 2.45) is 7.05 Å². The topological polar surface area (TPSA) is 85.8 Å². The van der Waals surface area contributed by atoms with Gasteiger partial charge in [0.2, 0.25) is 0 Å². The minimum Gasteiger partial charge on any atom is -0.359 e. The quantitative estimate of drug-likeness (QED) is 0.600. The molecule has 0 spiro atoms. The molecule has 0 aliphatic heterocycles. The number of carbonyl (C=O) groups is 1. The lowest BCUT2D eigenvalue weighted by molar-refractivity contribution is 0.102. The molecule has 27 heavy (non-hydrogen) atoms. The highest BCUT2D eigenvalue weighted by Crippen LogP contribution is 2.28. The summed E-state index contributed by atoms with van der Waals surface area (Å²) in [5.74, 6) is 0.322. The molecule has 4 rings (SSSR count). The van der Waals surface area contributed by atoms with Crippen LogP contribution in [-0.4, -0.2) is 25.8 Å². The van der Waals surface area contributed by atoms with Crippen molar-refractivity contribution in [1.82, 2.24) is 19.9 Å². The summed E-state index contributed by atoms with van der Waals surface area (Å²) in [5.41, 5.74) is 4.82. The highest BCUT2D eigenvalue weighted by molar-refractivity contribution is 6.13. The predicted molar refractivity (Wildman–Crippen MR) is 103 cm³/mol. The molecular formula is C20H19N5O2. The first-order chi connectivity index (χ1) is 13.0. The molecule has 0 saturated carbocycles. The summed E-state index contributed by atoms with van der Waals surface area (Å²) in [7, 11) is 1.83. The van der Waals surface area contributed by atoms with E-state index < -0.39 is 0 Å². The Morgan fingerprint density at radius 1 is 1.11 bits per heavy atom. The fourth-order valence-electron chi connectivity index (χ4n) is 3.22. The summed E-state index contributed by atoms with van der Waals surface area (Å²) >= 11 is 0. The smallest absolute Gasteiger partial charge is 0.256 e. The number of nitrogens with one attached hydrogen (secondary N) is 1. The lowest BCUT2D eigenvalue weighted by Crippen LogP contribution is -2.14. The summed E-state index contributed by atoms with van der Waals surface area (Å²) in [4.78, 5) is 17.9. The Kier molecular flexibility index (Phi) is 3.99. The van der Waals surface area contributed by atoms with Crippen molar-refractivity contribution in [3.8, 4) is 11.3 Å². The zero-order valence-electron chi connectivity index (χ0n) is 15.6. The largest absolute Gasteiger partial charge is 0.359 e. The molecule has 1 amide bonds. The van der Waals surface area contributed by atoms with Gasteiger partial charge < -0.3 is 9.84 Å². The third-order valence-electron chi connectivity index (χ3n) is 4.55. The number of amides is 1. The fraction of sp³-hybridized carbons (Fsp3) is 0.200. The van der Waals surface area contributed by atoms with Crippen LogP contribution in [0.4, 0.5) is 5.69 Å². The van der Waals surface area contributed by atoms with Gasteiger partial charge in [0.1, 0.15) is 11.4 Å². The number of pyridine rings is 1. The summed E-state index contributed by atoms with van der Waals surface area (Å²) in [5, 5.41) is 12.0. The van der Waals surface area contributed by atoms with Gasteiger partial charge >= 0.3 is 0 Å². The van der Waals surface area contributed by atoms with Crippen LogP contribution in [-0.2, 0) is 7.05 Å². The molecular weight excluding hydrogens is 342 g/mol. The second kappa shape index (κ2) is 6.35. The Balaban J connectivity index is 1.89. The SMILES string of the molecule is Cc1noc(C)c1NC(=O)c1cc(-c2ccccc2)nc2c1c(C)nn2C. The van der Waals surface area contributed by atoms with Gasteiger partial charge in [0.25, 0.3) is 5.91 Å². The molecule has 0 atom stereocenters. The maximum atomic E-state index is 13.1. The van der Waals surface area contributed by atoms with E-state index in [1.54, 1.807) is 24.6 Å². The van der Waals surface area contributed by atoms with Crippen LogP contribution in [0.1, 0.15) is 27.5 Å². The van der Waals surface area contributed by atoms with Gasteiger partial charge in [-0.25, -0.2) is 4.98 Å². The van der Waals surface area contributed by atoms with E-state index in [1.807, 2.05) is 44.3 Å². The molecule has 7 heteroatoms. The lowest BCUT2D eigenvalue weighted by atomic mass is 10.0. The van der Waals surface area contributed by atoms with E-state index >= 15 is 0 Å². The van der Waals surface area contributed by atoms with E-state index in [-0.39, 0.29) is 5.91 Å². The second-order valence-electron chi connectivity index (χ2n) is 6.48. The Labute approximate surface area is 156 Å². The summed E-state index contributed by atoms with van der Waals surface area (Å²) in [6, 6.07) is 11.6. The second-order valence-corrected chi connectivity index (χ2v) is 6.48. The maximum Gasteiger partial charge on any atom is 0.256 e. The minimum atomic E-state index is -0.245. The molecule has 0 radical (unpaired) electrons. The van der Waals surface area contributed by atoms with Gasteiger partial charge in [-0.3, -0.25) is 9.48 Å². The number of carbonyl (C=O) groups excluding carboxylic acids is 1. The van der Waals surface area contributed by atoms with Crippen molar-refractivity contribution in [2.75, 3.05) is 5.32 Å². The number of nitrogens with zero attached hydrogens (tertiary/aromatic N) is 4. The lowest BCUT2D eigenvalue weighted by Gasteiger charge is -2.09. The van der Waals surface area contributed by atoms with Gasteiger partial charge in [0.15, 0.2) is 11.4 Å². The summed E-state index contributed by atoms with van der Waals surface area (Å²) < 4.78 is 6.85. The zero-order chi connectivity index (χ0) is 19.1. The number of fused-ring (bicyclic) bond motifs is 1. The molecule has 1 aromatic carbocycles. The molecule has 4 aromatic rings. The van der Waals surface area contributed by atoms with Crippen LogP contribution in [0.25, 0.3) is 22.3 Å². The Morgan fingerprint density at radius 2 is 1.85 bits per heavy atom. The number of rotatable bonds is 3. The highest BCUT2D eigenvalue weighted by Gasteiger charge is 2.21. The van der Waals surface area contributed by atoms with E-state index in [9.17, 15) is 4.79 Å². The molecule has 0 aliphatic rings. The van der Waals surface area contributed by atoms with Gasteiger partial charge in [-0.1, -0.05) is 35.5 Å².